The molecule has 3 atom stereocenters. The fourth-order valence-corrected chi connectivity index (χ4v) is 2.74. The van der Waals surface area contributed by atoms with E-state index in [2.05, 4.69) is 17.6 Å². The largest absolute Gasteiger partial charge is 0.355 e. The van der Waals surface area contributed by atoms with Crippen molar-refractivity contribution >= 4 is 5.91 Å². The highest BCUT2D eigenvalue weighted by Gasteiger charge is 2.25. The molecule has 1 aliphatic carbocycles. The van der Waals surface area contributed by atoms with Crippen LogP contribution in [0.25, 0.3) is 0 Å². The number of hydrogen-bond acceptors (Lipinski definition) is 2. The molecule has 86 valence electrons. The van der Waals surface area contributed by atoms with Gasteiger partial charge in [-0.3, -0.25) is 4.79 Å². The quantitative estimate of drug-likeness (QED) is 0.724. The van der Waals surface area contributed by atoms with Gasteiger partial charge in [-0.25, -0.2) is 0 Å². The molecular weight excluding hydrogens is 188 g/mol. The third-order valence-electron chi connectivity index (χ3n) is 3.83. The highest BCUT2D eigenvalue weighted by atomic mass is 16.1. The van der Waals surface area contributed by atoms with E-state index in [1.807, 2.05) is 0 Å². The van der Waals surface area contributed by atoms with Gasteiger partial charge in [0.25, 0.3) is 0 Å². The van der Waals surface area contributed by atoms with E-state index in [0.717, 1.165) is 18.9 Å². The Labute approximate surface area is 92.0 Å². The molecule has 1 saturated carbocycles. The molecule has 1 saturated heterocycles. The Morgan fingerprint density at radius 1 is 1.27 bits per heavy atom. The lowest BCUT2D eigenvalue weighted by molar-refractivity contribution is -0.122. The van der Waals surface area contributed by atoms with Gasteiger partial charge in [0.1, 0.15) is 0 Å². The van der Waals surface area contributed by atoms with Crippen LogP contribution in [0, 0.1) is 5.92 Å². The third kappa shape index (κ3) is 2.94. The number of piperidine rings is 1. The lowest BCUT2D eigenvalue weighted by Crippen LogP contribution is -2.51. The average molecular weight is 210 g/mol. The van der Waals surface area contributed by atoms with Crippen LogP contribution in [0.3, 0.4) is 0 Å². The molecule has 1 aliphatic heterocycles. The van der Waals surface area contributed by atoms with Crippen LogP contribution in [-0.2, 0) is 4.79 Å². The maximum Gasteiger partial charge on any atom is 0.220 e. The molecule has 3 heteroatoms. The van der Waals surface area contributed by atoms with Crippen molar-refractivity contribution in [3.05, 3.63) is 0 Å². The van der Waals surface area contributed by atoms with Crippen LogP contribution in [0.1, 0.15) is 45.4 Å². The summed E-state index contributed by atoms with van der Waals surface area (Å²) in [4.78, 5) is 11.0. The van der Waals surface area contributed by atoms with E-state index in [1.54, 1.807) is 0 Å². The fourth-order valence-electron chi connectivity index (χ4n) is 2.74. The van der Waals surface area contributed by atoms with Gasteiger partial charge < -0.3 is 10.6 Å². The molecule has 1 heterocycles. The second-order valence-electron chi connectivity index (χ2n) is 5.07. The van der Waals surface area contributed by atoms with Crippen molar-refractivity contribution in [3.63, 3.8) is 0 Å². The minimum atomic E-state index is 0.213. The molecular formula is C12H22N2O. The maximum atomic E-state index is 11.0. The first-order valence-electron chi connectivity index (χ1n) is 6.28. The van der Waals surface area contributed by atoms with Crippen LogP contribution in [-0.4, -0.2) is 24.5 Å². The summed E-state index contributed by atoms with van der Waals surface area (Å²) in [6.07, 6.45) is 7.12. The molecule has 0 radical (unpaired) electrons. The van der Waals surface area contributed by atoms with Crippen LogP contribution in [0.4, 0.5) is 0 Å². The van der Waals surface area contributed by atoms with Crippen molar-refractivity contribution in [3.8, 4) is 0 Å². The van der Waals surface area contributed by atoms with Gasteiger partial charge in [0.2, 0.25) is 5.91 Å². The Bertz CT molecular complexity index is 220. The first-order chi connectivity index (χ1) is 7.25. The van der Waals surface area contributed by atoms with Gasteiger partial charge in [0.05, 0.1) is 0 Å². The number of nitrogens with one attached hydrogen (secondary N) is 2. The molecule has 0 bridgehead atoms. The smallest absolute Gasteiger partial charge is 0.220 e. The molecule has 0 aromatic carbocycles. The van der Waals surface area contributed by atoms with Gasteiger partial charge in [-0.05, 0) is 25.2 Å². The molecule has 15 heavy (non-hydrogen) atoms. The predicted octanol–water partition coefficient (Wildman–Crippen LogP) is 1.43. The second-order valence-corrected chi connectivity index (χ2v) is 5.07. The van der Waals surface area contributed by atoms with Crippen LogP contribution >= 0.6 is 0 Å². The van der Waals surface area contributed by atoms with Crippen LogP contribution in [0.5, 0.6) is 0 Å². The summed E-state index contributed by atoms with van der Waals surface area (Å²) in [6.45, 7) is 3.17. The fraction of sp³-hybridized carbons (Fsp3) is 0.917. The van der Waals surface area contributed by atoms with E-state index < -0.39 is 0 Å². The van der Waals surface area contributed by atoms with Gasteiger partial charge in [-0.15, -0.1) is 0 Å². The van der Waals surface area contributed by atoms with Crippen molar-refractivity contribution < 1.29 is 4.79 Å². The Balaban J connectivity index is 1.78. The number of carbonyl (C=O) groups excluding carboxylic acids is 1. The van der Waals surface area contributed by atoms with Crippen LogP contribution < -0.4 is 10.6 Å². The molecule has 0 spiro atoms. The molecule has 3 nitrogen and oxygen atoms in total. The summed E-state index contributed by atoms with van der Waals surface area (Å²) in [5.41, 5.74) is 0. The monoisotopic (exact) mass is 210 g/mol. The minimum Gasteiger partial charge on any atom is -0.355 e. The molecule has 2 aliphatic rings. The molecule has 2 rings (SSSR count). The van der Waals surface area contributed by atoms with E-state index in [0.29, 0.717) is 18.5 Å². The number of amides is 1. The van der Waals surface area contributed by atoms with E-state index in [9.17, 15) is 4.79 Å². The molecule has 0 aromatic rings. The predicted molar refractivity (Wildman–Crippen MR) is 60.6 cm³/mol. The lowest BCUT2D eigenvalue weighted by Gasteiger charge is -2.34. The van der Waals surface area contributed by atoms with E-state index in [4.69, 9.17) is 0 Å². The van der Waals surface area contributed by atoms with Gasteiger partial charge in [0, 0.05) is 25.0 Å². The Morgan fingerprint density at radius 3 is 2.73 bits per heavy atom. The third-order valence-corrected chi connectivity index (χ3v) is 3.83. The van der Waals surface area contributed by atoms with Gasteiger partial charge >= 0.3 is 0 Å². The zero-order valence-electron chi connectivity index (χ0n) is 9.59. The minimum absolute atomic E-state index is 0.213. The molecule has 1 amide bonds. The van der Waals surface area contributed by atoms with E-state index in [1.165, 1.54) is 25.7 Å². The van der Waals surface area contributed by atoms with E-state index in [-0.39, 0.29) is 5.91 Å². The highest BCUT2D eigenvalue weighted by Crippen LogP contribution is 2.24. The number of carbonyl (C=O) groups is 1. The van der Waals surface area contributed by atoms with Gasteiger partial charge in [0.15, 0.2) is 0 Å². The average Bonchev–Trinajstić information content (AvgIpc) is 2.25. The van der Waals surface area contributed by atoms with Crippen LogP contribution in [0.15, 0.2) is 0 Å². The Hall–Kier alpha value is -0.570. The zero-order valence-corrected chi connectivity index (χ0v) is 9.59. The summed E-state index contributed by atoms with van der Waals surface area (Å²) < 4.78 is 0. The summed E-state index contributed by atoms with van der Waals surface area (Å²) in [6, 6.07) is 1.19. The summed E-state index contributed by atoms with van der Waals surface area (Å²) >= 11 is 0. The van der Waals surface area contributed by atoms with E-state index >= 15 is 0 Å². The standard InChI is InChI=1S/C12H22N2O/c1-9-4-2-3-5-11(9)14-10-6-7-12(15)13-8-10/h9-11,14H,2-8H2,1H3,(H,13,15). The lowest BCUT2D eigenvalue weighted by atomic mass is 9.85. The first kappa shape index (κ1) is 10.9. The number of rotatable bonds is 2. The molecule has 2 N–H and O–H groups in total. The maximum absolute atomic E-state index is 11.0. The summed E-state index contributed by atoms with van der Waals surface area (Å²) in [7, 11) is 0. The molecule has 3 unspecified atom stereocenters. The Kier molecular flexibility index (Phi) is 3.62. The van der Waals surface area contributed by atoms with Crippen LogP contribution in [0.2, 0.25) is 0 Å². The number of hydrogen-bond donors (Lipinski definition) is 2. The van der Waals surface area contributed by atoms with Crippen molar-refractivity contribution in [1.29, 1.82) is 0 Å². The van der Waals surface area contributed by atoms with Crippen molar-refractivity contribution in [2.24, 2.45) is 5.92 Å². The first-order valence-corrected chi connectivity index (χ1v) is 6.28. The van der Waals surface area contributed by atoms with Crippen molar-refractivity contribution in [2.45, 2.75) is 57.5 Å². The highest BCUT2D eigenvalue weighted by molar-refractivity contribution is 5.76. The Morgan fingerprint density at radius 2 is 2.07 bits per heavy atom. The summed E-state index contributed by atoms with van der Waals surface area (Å²) in [5.74, 6) is 1.01. The normalized spacial score (nSPS) is 37.4. The molecule has 0 aromatic heterocycles. The zero-order chi connectivity index (χ0) is 10.7. The summed E-state index contributed by atoms with van der Waals surface area (Å²) in [5, 5.41) is 6.65. The van der Waals surface area contributed by atoms with Gasteiger partial charge in [-0.1, -0.05) is 19.8 Å². The molecule has 2 fully saturated rings. The second kappa shape index (κ2) is 4.97. The SMILES string of the molecule is CC1CCCCC1NC1CCC(=O)NC1. The van der Waals surface area contributed by atoms with Gasteiger partial charge in [-0.2, -0.15) is 0 Å². The van der Waals surface area contributed by atoms with Crippen molar-refractivity contribution in [1.82, 2.24) is 10.6 Å². The topological polar surface area (TPSA) is 41.1 Å². The van der Waals surface area contributed by atoms with Crippen molar-refractivity contribution in [2.75, 3.05) is 6.54 Å².